The summed E-state index contributed by atoms with van der Waals surface area (Å²) in [7, 11) is 1.48. The van der Waals surface area contributed by atoms with Gasteiger partial charge in [-0.25, -0.2) is 4.98 Å². The van der Waals surface area contributed by atoms with E-state index < -0.39 is 46.6 Å². The van der Waals surface area contributed by atoms with Crippen LogP contribution in [0.25, 0.3) is 16.6 Å². The molecule has 228 valence electrons. The molecule has 1 aromatic heterocycles. The summed E-state index contributed by atoms with van der Waals surface area (Å²) in [6, 6.07) is 12.9. The SMILES string of the molecule is CCCCN(C(=O)c1cc(C(F)(F)F)cc(C(F)(F)F)c1)C(CC)c1nc2ccccc2c(=O)n1-c1ccc(OC)cc1. The summed E-state index contributed by atoms with van der Waals surface area (Å²) in [5.74, 6) is -0.409. The molecule has 0 aliphatic rings. The lowest BCUT2D eigenvalue weighted by molar-refractivity contribution is -0.143. The van der Waals surface area contributed by atoms with Crippen molar-refractivity contribution in [2.24, 2.45) is 0 Å². The van der Waals surface area contributed by atoms with Crippen molar-refractivity contribution in [3.63, 3.8) is 0 Å². The number of hydrogen-bond acceptors (Lipinski definition) is 4. The molecule has 1 heterocycles. The van der Waals surface area contributed by atoms with Gasteiger partial charge < -0.3 is 9.64 Å². The first-order valence-corrected chi connectivity index (χ1v) is 13.6. The van der Waals surface area contributed by atoms with Crippen molar-refractivity contribution < 1.29 is 35.9 Å². The van der Waals surface area contributed by atoms with E-state index in [2.05, 4.69) is 0 Å². The molecule has 0 aliphatic carbocycles. The lowest BCUT2D eigenvalue weighted by atomic mass is 10.0. The zero-order valence-corrected chi connectivity index (χ0v) is 23.6. The molecule has 0 saturated heterocycles. The van der Waals surface area contributed by atoms with Crippen LogP contribution in [0.5, 0.6) is 5.75 Å². The maximum atomic E-state index is 13.9. The van der Waals surface area contributed by atoms with Crippen LogP contribution in [0.4, 0.5) is 26.3 Å². The van der Waals surface area contributed by atoms with E-state index >= 15 is 0 Å². The van der Waals surface area contributed by atoms with Gasteiger partial charge in [0.2, 0.25) is 0 Å². The monoisotopic (exact) mass is 605 g/mol. The summed E-state index contributed by atoms with van der Waals surface area (Å²) in [5.41, 5.74) is -3.69. The number of alkyl halides is 6. The van der Waals surface area contributed by atoms with Gasteiger partial charge in [0, 0.05) is 12.1 Å². The molecule has 12 heteroatoms. The average molecular weight is 606 g/mol. The highest BCUT2D eigenvalue weighted by molar-refractivity contribution is 5.95. The number of para-hydroxylation sites is 1. The van der Waals surface area contributed by atoms with Gasteiger partial charge in [-0.1, -0.05) is 32.4 Å². The highest BCUT2D eigenvalue weighted by Gasteiger charge is 2.39. The van der Waals surface area contributed by atoms with Crippen LogP contribution in [0, 0.1) is 0 Å². The molecule has 0 radical (unpaired) electrons. The third kappa shape index (κ3) is 6.68. The Kier molecular flexibility index (Phi) is 9.17. The fourth-order valence-electron chi connectivity index (χ4n) is 4.87. The van der Waals surface area contributed by atoms with Crippen LogP contribution in [0.15, 0.2) is 71.5 Å². The van der Waals surface area contributed by atoms with Gasteiger partial charge in [-0.15, -0.1) is 0 Å². The predicted octanol–water partition coefficient (Wildman–Crippen LogP) is 7.83. The topological polar surface area (TPSA) is 64.4 Å². The van der Waals surface area contributed by atoms with Crippen LogP contribution < -0.4 is 10.3 Å². The van der Waals surface area contributed by atoms with Crippen LogP contribution in [0.2, 0.25) is 0 Å². The van der Waals surface area contributed by atoms with E-state index in [9.17, 15) is 35.9 Å². The number of aromatic nitrogens is 2. The molecule has 0 spiro atoms. The van der Waals surface area contributed by atoms with E-state index in [1.807, 2.05) is 6.92 Å². The smallest absolute Gasteiger partial charge is 0.416 e. The molecule has 1 unspecified atom stereocenters. The van der Waals surface area contributed by atoms with E-state index in [-0.39, 0.29) is 30.2 Å². The number of unbranched alkanes of at least 4 members (excludes halogenated alkanes) is 1. The van der Waals surface area contributed by atoms with Gasteiger partial charge in [0.1, 0.15) is 11.6 Å². The number of benzene rings is 3. The Labute approximate surface area is 243 Å². The van der Waals surface area contributed by atoms with E-state index in [1.165, 1.54) is 16.6 Å². The molecule has 43 heavy (non-hydrogen) atoms. The molecule has 0 fully saturated rings. The second-order valence-corrected chi connectivity index (χ2v) is 9.90. The lowest BCUT2D eigenvalue weighted by Crippen LogP contribution is -2.39. The van der Waals surface area contributed by atoms with Gasteiger partial charge in [0.15, 0.2) is 0 Å². The normalized spacial score (nSPS) is 12.8. The third-order valence-corrected chi connectivity index (χ3v) is 7.04. The number of nitrogens with zero attached hydrogens (tertiary/aromatic N) is 3. The van der Waals surface area contributed by atoms with Gasteiger partial charge in [-0.2, -0.15) is 26.3 Å². The molecule has 0 aliphatic heterocycles. The highest BCUT2D eigenvalue weighted by atomic mass is 19.4. The fourth-order valence-corrected chi connectivity index (χ4v) is 4.87. The number of carbonyl (C=O) groups excluding carboxylic acids is 1. The Morgan fingerprint density at radius 3 is 2.07 bits per heavy atom. The molecule has 3 aromatic carbocycles. The fraction of sp³-hybridized carbons (Fsp3) is 0.323. The minimum absolute atomic E-state index is 0.00323. The van der Waals surface area contributed by atoms with Crippen molar-refractivity contribution in [2.75, 3.05) is 13.7 Å². The zero-order chi connectivity index (χ0) is 31.5. The molecule has 1 atom stereocenters. The first-order valence-electron chi connectivity index (χ1n) is 13.6. The summed E-state index contributed by atoms with van der Waals surface area (Å²) in [6.45, 7) is 3.53. The maximum absolute atomic E-state index is 13.9. The Bertz CT molecular complexity index is 1630. The summed E-state index contributed by atoms with van der Waals surface area (Å²) in [6.07, 6.45) is -9.12. The van der Waals surface area contributed by atoms with Gasteiger partial charge in [-0.3, -0.25) is 14.2 Å². The van der Waals surface area contributed by atoms with Gasteiger partial charge in [0.25, 0.3) is 11.5 Å². The highest BCUT2D eigenvalue weighted by Crippen LogP contribution is 2.37. The van der Waals surface area contributed by atoms with Gasteiger partial charge >= 0.3 is 12.4 Å². The van der Waals surface area contributed by atoms with Crippen LogP contribution in [-0.4, -0.2) is 34.0 Å². The quantitative estimate of drug-likeness (QED) is 0.183. The third-order valence-electron chi connectivity index (χ3n) is 7.04. The van der Waals surface area contributed by atoms with Crippen molar-refractivity contribution in [1.82, 2.24) is 14.5 Å². The predicted molar refractivity (Wildman–Crippen MR) is 149 cm³/mol. The molecule has 4 aromatic rings. The molecule has 4 rings (SSSR count). The molecule has 0 bridgehead atoms. The van der Waals surface area contributed by atoms with Crippen LogP contribution in [0.1, 0.15) is 66.5 Å². The van der Waals surface area contributed by atoms with Crippen LogP contribution in [0.3, 0.4) is 0 Å². The van der Waals surface area contributed by atoms with E-state index in [4.69, 9.17) is 9.72 Å². The largest absolute Gasteiger partial charge is 0.497 e. The van der Waals surface area contributed by atoms with Crippen molar-refractivity contribution >= 4 is 16.8 Å². The maximum Gasteiger partial charge on any atom is 0.416 e. The zero-order valence-electron chi connectivity index (χ0n) is 23.6. The standard InChI is InChI=1S/C31H29F6N3O3/c1-4-6-15-39(28(41)19-16-20(30(32,33)34)18-21(17-19)31(35,36)37)26(5-2)27-38-25-10-8-7-9-24(25)29(42)40(27)22-11-13-23(43-3)14-12-22/h7-14,16-18,26H,4-6,15H2,1-3H3. The van der Waals surface area contributed by atoms with Crippen molar-refractivity contribution in [3.05, 3.63) is 99.6 Å². The Morgan fingerprint density at radius 2 is 1.53 bits per heavy atom. The van der Waals surface area contributed by atoms with E-state index in [0.717, 1.165) is 0 Å². The number of carbonyl (C=O) groups is 1. The molecule has 0 saturated carbocycles. The van der Waals surface area contributed by atoms with Crippen molar-refractivity contribution in [3.8, 4) is 11.4 Å². The van der Waals surface area contributed by atoms with Gasteiger partial charge in [-0.05, 0) is 67.4 Å². The number of amides is 1. The number of hydrogen-bond donors (Lipinski definition) is 0. The Hall–Kier alpha value is -4.35. The summed E-state index contributed by atoms with van der Waals surface area (Å²) < 4.78 is 88.3. The minimum Gasteiger partial charge on any atom is -0.497 e. The molecular formula is C31H29F6N3O3. The Balaban J connectivity index is 1.96. The second kappa shape index (κ2) is 12.5. The minimum atomic E-state index is -5.12. The van der Waals surface area contributed by atoms with Crippen LogP contribution in [-0.2, 0) is 12.4 Å². The molecule has 6 nitrogen and oxygen atoms in total. The number of fused-ring (bicyclic) bond motifs is 1. The Morgan fingerprint density at radius 1 is 0.930 bits per heavy atom. The number of halogens is 6. The first kappa shape index (κ1) is 31.6. The van der Waals surface area contributed by atoms with E-state index in [1.54, 1.807) is 55.5 Å². The van der Waals surface area contributed by atoms with E-state index in [0.29, 0.717) is 41.9 Å². The summed E-state index contributed by atoms with van der Waals surface area (Å²) >= 11 is 0. The van der Waals surface area contributed by atoms with Crippen molar-refractivity contribution in [1.29, 1.82) is 0 Å². The first-order chi connectivity index (χ1) is 20.3. The molecular weight excluding hydrogens is 576 g/mol. The average Bonchev–Trinajstić information content (AvgIpc) is 2.98. The summed E-state index contributed by atoms with van der Waals surface area (Å²) in [4.78, 5) is 33.7. The van der Waals surface area contributed by atoms with Crippen molar-refractivity contribution in [2.45, 2.75) is 51.5 Å². The molecule has 1 amide bonds. The summed E-state index contributed by atoms with van der Waals surface area (Å²) in [5, 5.41) is 0.288. The lowest BCUT2D eigenvalue weighted by Gasteiger charge is -2.33. The van der Waals surface area contributed by atoms with Crippen LogP contribution >= 0.6 is 0 Å². The number of methoxy groups -OCH3 is 1. The van der Waals surface area contributed by atoms with Gasteiger partial charge in [0.05, 0.1) is 40.9 Å². The number of ether oxygens (including phenoxy) is 1. The second-order valence-electron chi connectivity index (χ2n) is 9.90. The molecule has 0 N–H and O–H groups in total. The number of rotatable bonds is 9.